The fraction of sp³-hybridized carbons (Fsp3) is 0.382. The molecule has 2 heterocycles. The number of esters is 2. The second-order valence-electron chi connectivity index (χ2n) is 11.8. The number of aromatic nitrogens is 2. The van der Waals surface area contributed by atoms with Gasteiger partial charge in [-0.15, -0.1) is 0 Å². The highest BCUT2D eigenvalue weighted by Gasteiger charge is 2.39. The van der Waals surface area contributed by atoms with E-state index in [1.165, 1.54) is 23.2 Å². The Balaban J connectivity index is 1.68. The standard InChI is InChI=1S/C34H37F3N4O6/c1-6-24-18-26(25-17-23(34(35,36)37)14-15-27(25)41(24)32(44)45-7-2)39-31-38-19-22(29(40-31)30(43)47-33(3,4)5)13-16-28(42)46-20-21-11-9-8-10-12-21/h8-17,19,24,26H,6-7,18,20H2,1-5H3,(H,38,39,40)/t24-,26+/m1/s1. The maximum atomic E-state index is 13.8. The molecule has 250 valence electrons. The van der Waals surface area contributed by atoms with Gasteiger partial charge in [-0.25, -0.2) is 24.4 Å². The van der Waals surface area contributed by atoms with Gasteiger partial charge in [-0.05, 0) is 75.9 Å². The second-order valence-corrected chi connectivity index (χ2v) is 11.8. The lowest BCUT2D eigenvalue weighted by atomic mass is 9.89. The molecule has 0 unspecified atom stereocenters. The molecule has 0 saturated carbocycles. The number of rotatable bonds is 9. The third-order valence-electron chi connectivity index (χ3n) is 7.13. The molecule has 1 N–H and O–H groups in total. The fourth-order valence-corrected chi connectivity index (χ4v) is 5.02. The van der Waals surface area contributed by atoms with Gasteiger partial charge >= 0.3 is 24.2 Å². The van der Waals surface area contributed by atoms with Crippen LogP contribution in [-0.4, -0.2) is 46.2 Å². The van der Waals surface area contributed by atoms with Crippen molar-refractivity contribution in [3.8, 4) is 0 Å². The SMILES string of the molecule is CCOC(=O)N1c2ccc(C(F)(F)F)cc2[C@@H](Nc2ncc(C=CC(=O)OCc3ccccc3)c(C(=O)OC(C)(C)C)n2)C[C@H]1CC. The number of alkyl halides is 3. The first-order chi connectivity index (χ1) is 22.2. The van der Waals surface area contributed by atoms with E-state index in [2.05, 4.69) is 15.3 Å². The first-order valence-electron chi connectivity index (χ1n) is 15.1. The van der Waals surface area contributed by atoms with Gasteiger partial charge in [-0.2, -0.15) is 13.2 Å². The number of anilines is 2. The van der Waals surface area contributed by atoms with Gasteiger partial charge in [0.15, 0.2) is 5.69 Å². The van der Waals surface area contributed by atoms with Gasteiger partial charge in [0.1, 0.15) is 12.2 Å². The fourth-order valence-electron chi connectivity index (χ4n) is 5.02. The van der Waals surface area contributed by atoms with Crippen molar-refractivity contribution in [1.29, 1.82) is 0 Å². The number of benzene rings is 2. The lowest BCUT2D eigenvalue weighted by Crippen LogP contribution is -2.46. The summed E-state index contributed by atoms with van der Waals surface area (Å²) in [5.74, 6) is -1.53. The Labute approximate surface area is 270 Å². The third-order valence-corrected chi connectivity index (χ3v) is 7.13. The summed E-state index contributed by atoms with van der Waals surface area (Å²) in [6.45, 7) is 8.68. The first-order valence-corrected chi connectivity index (χ1v) is 15.1. The molecule has 47 heavy (non-hydrogen) atoms. The van der Waals surface area contributed by atoms with Crippen molar-refractivity contribution in [1.82, 2.24) is 9.97 Å². The number of carbonyl (C=O) groups excluding carboxylic acids is 3. The van der Waals surface area contributed by atoms with E-state index in [0.29, 0.717) is 6.42 Å². The number of hydrogen-bond acceptors (Lipinski definition) is 9. The molecule has 4 rings (SSSR count). The van der Waals surface area contributed by atoms with Crippen LogP contribution in [0.1, 0.15) is 86.2 Å². The van der Waals surface area contributed by atoms with Crippen LogP contribution in [0.25, 0.3) is 6.08 Å². The average Bonchev–Trinajstić information content (AvgIpc) is 3.02. The van der Waals surface area contributed by atoms with Gasteiger partial charge in [0.05, 0.1) is 23.9 Å². The Morgan fingerprint density at radius 1 is 1.04 bits per heavy atom. The average molecular weight is 655 g/mol. The summed E-state index contributed by atoms with van der Waals surface area (Å²) in [5, 5.41) is 3.07. The molecule has 3 aromatic rings. The van der Waals surface area contributed by atoms with Crippen LogP contribution in [0.2, 0.25) is 0 Å². The Morgan fingerprint density at radius 3 is 2.40 bits per heavy atom. The van der Waals surface area contributed by atoms with Crippen molar-refractivity contribution in [3.63, 3.8) is 0 Å². The lowest BCUT2D eigenvalue weighted by molar-refractivity contribution is -0.139. The van der Waals surface area contributed by atoms with E-state index in [9.17, 15) is 27.6 Å². The summed E-state index contributed by atoms with van der Waals surface area (Å²) >= 11 is 0. The Morgan fingerprint density at radius 2 is 1.77 bits per heavy atom. The Hall–Kier alpha value is -4.94. The van der Waals surface area contributed by atoms with Gasteiger partial charge in [0, 0.05) is 23.9 Å². The zero-order valence-corrected chi connectivity index (χ0v) is 26.8. The van der Waals surface area contributed by atoms with Gasteiger partial charge < -0.3 is 19.5 Å². The van der Waals surface area contributed by atoms with Crippen LogP contribution >= 0.6 is 0 Å². The van der Waals surface area contributed by atoms with Crippen molar-refractivity contribution >= 4 is 35.7 Å². The molecule has 10 nitrogen and oxygen atoms in total. The number of nitrogens with one attached hydrogen (secondary N) is 1. The minimum atomic E-state index is -4.63. The summed E-state index contributed by atoms with van der Waals surface area (Å²) in [7, 11) is 0. The second kappa shape index (κ2) is 14.7. The van der Waals surface area contributed by atoms with Gasteiger partial charge in [-0.3, -0.25) is 4.90 Å². The van der Waals surface area contributed by atoms with Crippen molar-refractivity contribution in [3.05, 3.63) is 88.8 Å². The van der Waals surface area contributed by atoms with Crippen molar-refractivity contribution in [2.24, 2.45) is 0 Å². The van der Waals surface area contributed by atoms with Crippen molar-refractivity contribution in [2.45, 2.75) is 77.9 Å². The molecule has 0 aliphatic carbocycles. The normalized spacial score (nSPS) is 16.4. The van der Waals surface area contributed by atoms with E-state index in [0.717, 1.165) is 23.8 Å². The first kappa shape index (κ1) is 34.9. The van der Waals surface area contributed by atoms with Crippen LogP contribution in [0.5, 0.6) is 0 Å². The van der Waals surface area contributed by atoms with E-state index < -0.39 is 47.5 Å². The third kappa shape index (κ3) is 9.08. The predicted octanol–water partition coefficient (Wildman–Crippen LogP) is 7.51. The molecule has 1 aliphatic heterocycles. The molecule has 2 atom stereocenters. The smallest absolute Gasteiger partial charge is 0.416 e. The van der Waals surface area contributed by atoms with E-state index in [1.807, 2.05) is 37.3 Å². The van der Waals surface area contributed by atoms with Gasteiger partial charge in [-0.1, -0.05) is 37.3 Å². The largest absolute Gasteiger partial charge is 0.458 e. The molecule has 2 aromatic carbocycles. The molecule has 0 bridgehead atoms. The lowest BCUT2D eigenvalue weighted by Gasteiger charge is -2.40. The monoisotopic (exact) mass is 654 g/mol. The zero-order chi connectivity index (χ0) is 34.4. The van der Waals surface area contributed by atoms with Gasteiger partial charge in [0.25, 0.3) is 0 Å². The van der Waals surface area contributed by atoms with E-state index >= 15 is 0 Å². The summed E-state index contributed by atoms with van der Waals surface area (Å²) in [6.07, 6.45) is -0.864. The zero-order valence-electron chi connectivity index (χ0n) is 26.8. The number of carbonyl (C=O) groups is 3. The highest BCUT2D eigenvalue weighted by atomic mass is 19.4. The Bertz CT molecular complexity index is 1620. The van der Waals surface area contributed by atoms with Crippen molar-refractivity contribution < 1.29 is 41.8 Å². The van der Waals surface area contributed by atoms with Crippen LogP contribution < -0.4 is 10.2 Å². The quantitative estimate of drug-likeness (QED) is 0.142. The van der Waals surface area contributed by atoms with E-state index in [-0.39, 0.29) is 48.1 Å². The maximum Gasteiger partial charge on any atom is 0.416 e. The number of halogens is 3. The Kier molecular flexibility index (Phi) is 10.9. The van der Waals surface area contributed by atoms with Crippen LogP contribution in [-0.2, 0) is 31.8 Å². The van der Waals surface area contributed by atoms with Crippen LogP contribution in [0.15, 0.2) is 60.8 Å². The molecule has 1 aromatic heterocycles. The summed E-state index contributed by atoms with van der Waals surface area (Å²) in [6, 6.07) is 11.1. The van der Waals surface area contributed by atoms with Crippen LogP contribution in [0.4, 0.5) is 29.6 Å². The highest BCUT2D eigenvalue weighted by molar-refractivity contribution is 5.95. The number of nitrogens with zero attached hydrogens (tertiary/aromatic N) is 3. The predicted molar refractivity (Wildman–Crippen MR) is 168 cm³/mol. The maximum absolute atomic E-state index is 13.8. The van der Waals surface area contributed by atoms with Gasteiger partial charge in [0.2, 0.25) is 5.95 Å². The minimum Gasteiger partial charge on any atom is -0.458 e. The molecule has 0 spiro atoms. The molecule has 1 amide bonds. The number of amides is 1. The molecule has 13 heteroatoms. The molecular formula is C34H37F3N4O6. The molecule has 0 saturated heterocycles. The van der Waals surface area contributed by atoms with E-state index in [1.54, 1.807) is 27.7 Å². The van der Waals surface area contributed by atoms with Crippen LogP contribution in [0.3, 0.4) is 0 Å². The summed E-state index contributed by atoms with van der Waals surface area (Å²) in [5.41, 5.74) is -0.554. The molecule has 1 aliphatic rings. The summed E-state index contributed by atoms with van der Waals surface area (Å²) in [4.78, 5) is 48.6. The summed E-state index contributed by atoms with van der Waals surface area (Å²) < 4.78 is 57.4. The molecule has 0 radical (unpaired) electrons. The van der Waals surface area contributed by atoms with E-state index in [4.69, 9.17) is 14.2 Å². The van der Waals surface area contributed by atoms with Crippen LogP contribution in [0, 0.1) is 0 Å². The topological polar surface area (TPSA) is 120 Å². The molecular weight excluding hydrogens is 617 g/mol. The number of hydrogen-bond donors (Lipinski definition) is 1. The number of fused-ring (bicyclic) bond motifs is 1. The highest BCUT2D eigenvalue weighted by Crippen LogP contribution is 2.43. The molecule has 0 fully saturated rings. The number of ether oxygens (including phenoxy) is 3. The minimum absolute atomic E-state index is 0.0492. The van der Waals surface area contributed by atoms with Crippen molar-refractivity contribution in [2.75, 3.05) is 16.8 Å².